The van der Waals surface area contributed by atoms with E-state index in [-0.39, 0.29) is 6.04 Å². The Bertz CT molecular complexity index is 485. The number of hydrogen-bond donors (Lipinski definition) is 2. The molecule has 0 aliphatic carbocycles. The van der Waals surface area contributed by atoms with Crippen molar-refractivity contribution in [3.05, 3.63) is 58.0 Å². The van der Waals surface area contributed by atoms with Crippen LogP contribution < -0.4 is 11.3 Å². The summed E-state index contributed by atoms with van der Waals surface area (Å²) in [7, 11) is 0. The van der Waals surface area contributed by atoms with Gasteiger partial charge in [-0.25, -0.2) is 5.43 Å². The minimum absolute atomic E-state index is 0.124. The van der Waals surface area contributed by atoms with Crippen molar-refractivity contribution in [3.8, 4) is 0 Å². The van der Waals surface area contributed by atoms with Crippen LogP contribution in [0.25, 0.3) is 0 Å². The first-order valence-corrected chi connectivity index (χ1v) is 5.90. The van der Waals surface area contributed by atoms with Crippen LogP contribution in [-0.2, 0) is 6.42 Å². The summed E-state index contributed by atoms with van der Waals surface area (Å²) in [5.74, 6) is 6.28. The Balaban J connectivity index is 2.22. The van der Waals surface area contributed by atoms with Crippen LogP contribution >= 0.6 is 23.2 Å². The van der Waals surface area contributed by atoms with Gasteiger partial charge >= 0.3 is 0 Å². The van der Waals surface area contributed by atoms with Gasteiger partial charge < -0.3 is 4.42 Å². The van der Waals surface area contributed by atoms with Crippen molar-refractivity contribution in [1.82, 2.24) is 5.43 Å². The zero-order chi connectivity index (χ0) is 12.3. The number of nitrogens with two attached hydrogens (primary N) is 1. The van der Waals surface area contributed by atoms with E-state index in [0.29, 0.717) is 16.5 Å². The normalized spacial score (nSPS) is 12.6. The first-order chi connectivity index (χ1) is 8.22. The number of hydrogen-bond acceptors (Lipinski definition) is 3. The summed E-state index contributed by atoms with van der Waals surface area (Å²) in [6, 6.07) is 9.09. The van der Waals surface area contributed by atoms with Crippen molar-refractivity contribution < 1.29 is 4.42 Å². The Kier molecular flexibility index (Phi) is 4.07. The van der Waals surface area contributed by atoms with E-state index in [0.717, 1.165) is 11.3 Å². The smallest absolute Gasteiger partial charge is 0.122 e. The summed E-state index contributed by atoms with van der Waals surface area (Å²) in [4.78, 5) is 0. The van der Waals surface area contributed by atoms with E-state index in [2.05, 4.69) is 5.43 Å². The molecule has 0 aliphatic heterocycles. The fraction of sp³-hybridized carbons (Fsp3) is 0.167. The van der Waals surface area contributed by atoms with Crippen LogP contribution in [-0.4, -0.2) is 0 Å². The minimum Gasteiger partial charge on any atom is -0.468 e. The highest BCUT2D eigenvalue weighted by molar-refractivity contribution is 6.42. The number of furan rings is 1. The highest BCUT2D eigenvalue weighted by Crippen LogP contribution is 2.29. The third kappa shape index (κ3) is 2.82. The van der Waals surface area contributed by atoms with Crippen LogP contribution in [0.5, 0.6) is 0 Å². The predicted octanol–water partition coefficient (Wildman–Crippen LogP) is 3.33. The van der Waals surface area contributed by atoms with Crippen molar-refractivity contribution in [2.45, 2.75) is 12.5 Å². The lowest BCUT2D eigenvalue weighted by atomic mass is 10.0. The van der Waals surface area contributed by atoms with Crippen LogP contribution in [0.1, 0.15) is 17.4 Å². The zero-order valence-corrected chi connectivity index (χ0v) is 10.5. The van der Waals surface area contributed by atoms with E-state index in [9.17, 15) is 0 Å². The number of halogens is 2. The van der Waals surface area contributed by atoms with Crippen molar-refractivity contribution in [2.75, 3.05) is 0 Å². The number of hydrazine groups is 1. The summed E-state index contributed by atoms with van der Waals surface area (Å²) in [5, 5.41) is 1.10. The third-order valence-corrected chi connectivity index (χ3v) is 3.40. The van der Waals surface area contributed by atoms with E-state index in [4.69, 9.17) is 33.5 Å². The van der Waals surface area contributed by atoms with Gasteiger partial charge in [0.2, 0.25) is 0 Å². The highest BCUT2D eigenvalue weighted by atomic mass is 35.5. The van der Waals surface area contributed by atoms with Crippen LogP contribution in [0, 0.1) is 0 Å². The first kappa shape index (κ1) is 12.5. The molecule has 0 bridgehead atoms. The zero-order valence-electron chi connectivity index (χ0n) is 8.99. The topological polar surface area (TPSA) is 51.2 Å². The van der Waals surface area contributed by atoms with E-state index < -0.39 is 0 Å². The van der Waals surface area contributed by atoms with E-state index in [1.807, 2.05) is 24.3 Å². The molecule has 1 atom stereocenters. The second kappa shape index (κ2) is 5.56. The van der Waals surface area contributed by atoms with Crippen LogP contribution in [0.15, 0.2) is 41.0 Å². The van der Waals surface area contributed by atoms with E-state index in [1.165, 1.54) is 0 Å². The maximum absolute atomic E-state index is 6.12. The molecule has 0 fully saturated rings. The monoisotopic (exact) mass is 270 g/mol. The molecule has 5 heteroatoms. The lowest BCUT2D eigenvalue weighted by Gasteiger charge is -2.14. The lowest BCUT2D eigenvalue weighted by Crippen LogP contribution is -2.29. The molecule has 0 spiro atoms. The fourth-order valence-corrected chi connectivity index (χ4v) is 2.05. The minimum atomic E-state index is -0.124. The highest BCUT2D eigenvalue weighted by Gasteiger charge is 2.15. The largest absolute Gasteiger partial charge is 0.468 e. The molecule has 90 valence electrons. The maximum Gasteiger partial charge on any atom is 0.122 e. The van der Waals surface area contributed by atoms with Gasteiger partial charge in [0.05, 0.1) is 22.4 Å². The standard InChI is InChI=1S/C12H12Cl2N2O/c13-9-4-1-3-8(12(9)14)7-10(16-15)11-5-2-6-17-11/h1-6,10,16H,7,15H2. The fourth-order valence-electron chi connectivity index (χ4n) is 1.66. The van der Waals surface area contributed by atoms with Gasteiger partial charge in [-0.1, -0.05) is 35.3 Å². The van der Waals surface area contributed by atoms with Crippen LogP contribution in [0.3, 0.4) is 0 Å². The molecule has 1 aromatic heterocycles. The molecule has 0 amide bonds. The summed E-state index contributed by atoms with van der Waals surface area (Å²) in [6.45, 7) is 0. The molecular weight excluding hydrogens is 259 g/mol. The van der Waals surface area contributed by atoms with Gasteiger partial charge in [-0.2, -0.15) is 0 Å². The lowest BCUT2D eigenvalue weighted by molar-refractivity contribution is 0.416. The Morgan fingerprint density at radius 2 is 2.06 bits per heavy atom. The van der Waals surface area contributed by atoms with Crippen molar-refractivity contribution in [1.29, 1.82) is 0 Å². The Labute approximate surface area is 109 Å². The van der Waals surface area contributed by atoms with Crippen LogP contribution in [0.4, 0.5) is 0 Å². The molecule has 1 heterocycles. The molecule has 2 rings (SSSR count). The molecular formula is C12H12Cl2N2O. The van der Waals surface area contributed by atoms with Gasteiger partial charge in [-0.05, 0) is 30.2 Å². The summed E-state index contributed by atoms with van der Waals surface area (Å²) in [6.07, 6.45) is 2.22. The van der Waals surface area contributed by atoms with Gasteiger partial charge in [0.15, 0.2) is 0 Å². The summed E-state index contributed by atoms with van der Waals surface area (Å²) in [5.41, 5.74) is 3.63. The second-order valence-electron chi connectivity index (χ2n) is 3.65. The predicted molar refractivity (Wildman–Crippen MR) is 68.9 cm³/mol. The average Bonchev–Trinajstić information content (AvgIpc) is 2.85. The molecule has 0 saturated carbocycles. The number of benzene rings is 1. The van der Waals surface area contributed by atoms with E-state index in [1.54, 1.807) is 12.3 Å². The van der Waals surface area contributed by atoms with E-state index >= 15 is 0 Å². The SMILES string of the molecule is NNC(Cc1cccc(Cl)c1Cl)c1ccco1. The maximum atomic E-state index is 6.12. The summed E-state index contributed by atoms with van der Waals surface area (Å²) >= 11 is 12.1. The summed E-state index contributed by atoms with van der Waals surface area (Å²) < 4.78 is 5.31. The second-order valence-corrected chi connectivity index (χ2v) is 4.44. The average molecular weight is 271 g/mol. The van der Waals surface area contributed by atoms with Crippen molar-refractivity contribution in [2.24, 2.45) is 5.84 Å². The van der Waals surface area contributed by atoms with Gasteiger partial charge in [-0.15, -0.1) is 0 Å². The van der Waals surface area contributed by atoms with Gasteiger partial charge in [0, 0.05) is 0 Å². The number of nitrogens with one attached hydrogen (secondary N) is 1. The van der Waals surface area contributed by atoms with Gasteiger partial charge in [0.25, 0.3) is 0 Å². The van der Waals surface area contributed by atoms with Crippen molar-refractivity contribution in [3.63, 3.8) is 0 Å². The molecule has 0 radical (unpaired) electrons. The molecule has 2 aromatic rings. The molecule has 0 aliphatic rings. The number of rotatable bonds is 4. The Morgan fingerprint density at radius 1 is 1.24 bits per heavy atom. The Hall–Kier alpha value is -1.00. The third-order valence-electron chi connectivity index (χ3n) is 2.54. The molecule has 3 N–H and O–H groups in total. The molecule has 1 aromatic carbocycles. The van der Waals surface area contributed by atoms with Crippen LogP contribution in [0.2, 0.25) is 10.0 Å². The molecule has 3 nitrogen and oxygen atoms in total. The van der Waals surface area contributed by atoms with Crippen molar-refractivity contribution >= 4 is 23.2 Å². The van der Waals surface area contributed by atoms with Gasteiger partial charge in [0.1, 0.15) is 5.76 Å². The molecule has 1 unspecified atom stereocenters. The molecule has 0 saturated heterocycles. The molecule has 17 heavy (non-hydrogen) atoms. The van der Waals surface area contributed by atoms with Gasteiger partial charge in [-0.3, -0.25) is 5.84 Å². The first-order valence-electron chi connectivity index (χ1n) is 5.14. The Morgan fingerprint density at radius 3 is 2.71 bits per heavy atom. The quantitative estimate of drug-likeness (QED) is 0.662.